The standard InChI is InChI=1S/C28H35FN4O4SSi/c1-10-18-15-21(23(29)22(16-18)37-39(8,9)28(3,4)5)24(26(38-7)32-27(34)35-6)31-20-13-11-19(12-14-20)25-30-17(2)36-33-25/h11-16H,10H2,1-9H3. The van der Waals surface area contributed by atoms with E-state index in [9.17, 15) is 4.79 Å². The molecule has 8 nitrogen and oxygen atoms in total. The SMILES string of the molecule is CCc1cc(O[Si](C)(C)C(C)(C)C)c(F)c(C(=Nc2ccc(-c3noc(C)n3)cc2)C(=NC(=O)OC)SC)c1. The number of halogens is 1. The lowest BCUT2D eigenvalue weighted by molar-refractivity contribution is 0.183. The van der Waals surface area contributed by atoms with Crippen LogP contribution in [0.2, 0.25) is 18.1 Å². The largest absolute Gasteiger partial charge is 0.542 e. The number of nitrogens with zero attached hydrogens (tertiary/aromatic N) is 4. The molecule has 0 spiro atoms. The van der Waals surface area contributed by atoms with E-state index in [2.05, 4.69) is 49.0 Å². The molecule has 0 saturated heterocycles. The number of hydrogen-bond acceptors (Lipinski definition) is 8. The van der Waals surface area contributed by atoms with Crippen molar-refractivity contribution in [3.05, 3.63) is 59.2 Å². The van der Waals surface area contributed by atoms with Gasteiger partial charge in [-0.15, -0.1) is 11.8 Å². The smallest absolute Gasteiger partial charge is 0.434 e. The van der Waals surface area contributed by atoms with Crippen LogP contribution in [-0.2, 0) is 11.2 Å². The molecule has 1 aromatic heterocycles. The molecule has 11 heteroatoms. The van der Waals surface area contributed by atoms with Crippen molar-refractivity contribution >= 4 is 42.6 Å². The van der Waals surface area contributed by atoms with Crippen LogP contribution >= 0.6 is 11.8 Å². The second-order valence-corrected chi connectivity index (χ2v) is 15.9. The highest BCUT2D eigenvalue weighted by Crippen LogP contribution is 2.39. The van der Waals surface area contributed by atoms with Crippen molar-refractivity contribution in [2.45, 2.75) is 59.2 Å². The van der Waals surface area contributed by atoms with Gasteiger partial charge in [-0.3, -0.25) is 0 Å². The molecule has 39 heavy (non-hydrogen) atoms. The zero-order valence-corrected chi connectivity index (χ0v) is 25.7. The topological polar surface area (TPSA) is 99.2 Å². The third kappa shape index (κ3) is 7.21. The van der Waals surface area contributed by atoms with Crippen LogP contribution in [0.15, 0.2) is 50.9 Å². The van der Waals surface area contributed by atoms with Crippen LogP contribution in [-0.4, -0.2) is 48.7 Å². The van der Waals surface area contributed by atoms with Crippen molar-refractivity contribution in [3.63, 3.8) is 0 Å². The fraction of sp³-hybridized carbons (Fsp3) is 0.393. The van der Waals surface area contributed by atoms with Crippen LogP contribution in [0.4, 0.5) is 14.9 Å². The van der Waals surface area contributed by atoms with Crippen LogP contribution in [0.25, 0.3) is 11.4 Å². The van der Waals surface area contributed by atoms with E-state index in [4.69, 9.17) is 18.7 Å². The van der Waals surface area contributed by atoms with Crippen LogP contribution in [0.5, 0.6) is 5.75 Å². The van der Waals surface area contributed by atoms with E-state index in [0.717, 1.165) is 11.1 Å². The quantitative estimate of drug-likeness (QED) is 0.162. The molecule has 0 aliphatic rings. The first-order chi connectivity index (χ1) is 18.3. The van der Waals surface area contributed by atoms with Crippen LogP contribution in [0.1, 0.15) is 44.7 Å². The lowest BCUT2D eigenvalue weighted by atomic mass is 10.0. The van der Waals surface area contributed by atoms with Gasteiger partial charge in [0.25, 0.3) is 8.32 Å². The molecule has 3 rings (SSSR count). The number of hydrogen-bond donors (Lipinski definition) is 0. The zero-order valence-electron chi connectivity index (χ0n) is 23.9. The number of rotatable bonds is 7. The van der Waals surface area contributed by atoms with E-state index in [1.807, 2.05) is 6.92 Å². The van der Waals surface area contributed by atoms with Crippen LogP contribution < -0.4 is 4.43 Å². The minimum absolute atomic E-state index is 0.130. The number of aliphatic imine (C=N–C) groups is 2. The van der Waals surface area contributed by atoms with Crippen LogP contribution in [0, 0.1) is 12.7 Å². The Morgan fingerprint density at radius 1 is 1.18 bits per heavy atom. The van der Waals surface area contributed by atoms with Gasteiger partial charge in [0.15, 0.2) is 5.82 Å². The van der Waals surface area contributed by atoms with Gasteiger partial charge in [0.2, 0.25) is 11.7 Å². The van der Waals surface area contributed by atoms with Gasteiger partial charge >= 0.3 is 6.09 Å². The van der Waals surface area contributed by atoms with Gasteiger partial charge in [-0.1, -0.05) is 32.9 Å². The summed E-state index contributed by atoms with van der Waals surface area (Å²) < 4.78 is 32.5. The average molecular weight is 571 g/mol. The van der Waals surface area contributed by atoms with E-state index >= 15 is 4.39 Å². The number of carbonyl (C=O) groups is 1. The van der Waals surface area contributed by atoms with Crippen molar-refractivity contribution in [2.75, 3.05) is 13.4 Å². The summed E-state index contributed by atoms with van der Waals surface area (Å²) in [7, 11) is -1.12. The highest BCUT2D eigenvalue weighted by molar-refractivity contribution is 8.15. The van der Waals surface area contributed by atoms with Crippen molar-refractivity contribution in [1.82, 2.24) is 10.1 Å². The Kier molecular flexibility index (Phi) is 9.50. The number of amides is 1. The summed E-state index contributed by atoms with van der Waals surface area (Å²) >= 11 is 1.17. The van der Waals surface area contributed by atoms with Crippen LogP contribution in [0.3, 0.4) is 0 Å². The van der Waals surface area contributed by atoms with Gasteiger partial charge in [-0.05, 0) is 72.8 Å². The van der Waals surface area contributed by atoms with Gasteiger partial charge < -0.3 is 13.7 Å². The summed E-state index contributed by atoms with van der Waals surface area (Å²) in [5.74, 6) is 0.528. The fourth-order valence-corrected chi connectivity index (χ4v) is 4.83. The van der Waals surface area contributed by atoms with Gasteiger partial charge in [-0.25, -0.2) is 14.2 Å². The number of thioether (sulfide) groups is 1. The molecule has 0 fully saturated rings. The average Bonchev–Trinajstić information content (AvgIpc) is 3.33. The van der Waals surface area contributed by atoms with E-state index in [0.29, 0.717) is 23.8 Å². The predicted molar refractivity (Wildman–Crippen MR) is 158 cm³/mol. The summed E-state index contributed by atoms with van der Waals surface area (Å²) in [6.07, 6.45) is 1.59. The molecule has 0 radical (unpaired) electrons. The maximum absolute atomic E-state index is 16.3. The summed E-state index contributed by atoms with van der Waals surface area (Å²) in [6.45, 7) is 14.1. The molecule has 208 valence electrons. The lowest BCUT2D eigenvalue weighted by Gasteiger charge is -2.36. The van der Waals surface area contributed by atoms with E-state index < -0.39 is 20.2 Å². The second-order valence-electron chi connectivity index (χ2n) is 10.4. The van der Waals surface area contributed by atoms with Crippen molar-refractivity contribution in [1.29, 1.82) is 0 Å². The number of ether oxygens (including phenoxy) is 1. The molecule has 2 aromatic carbocycles. The lowest BCUT2D eigenvalue weighted by Crippen LogP contribution is -2.44. The van der Waals surface area contributed by atoms with Gasteiger partial charge in [0, 0.05) is 18.1 Å². The molecule has 0 N–H and O–H groups in total. The molecule has 0 unspecified atom stereocenters. The number of aryl methyl sites for hydroxylation is 2. The van der Waals surface area contributed by atoms with Gasteiger partial charge in [-0.2, -0.15) is 9.98 Å². The fourth-order valence-electron chi connectivity index (χ4n) is 3.31. The number of benzene rings is 2. The van der Waals surface area contributed by atoms with Crippen molar-refractivity contribution in [3.8, 4) is 17.1 Å². The Morgan fingerprint density at radius 3 is 2.36 bits per heavy atom. The van der Waals surface area contributed by atoms with Gasteiger partial charge in [0.1, 0.15) is 16.5 Å². The summed E-state index contributed by atoms with van der Waals surface area (Å²) in [6, 6.07) is 10.6. The second kappa shape index (κ2) is 12.2. The summed E-state index contributed by atoms with van der Waals surface area (Å²) in [4.78, 5) is 25.2. The highest BCUT2D eigenvalue weighted by Gasteiger charge is 2.40. The van der Waals surface area contributed by atoms with Crippen molar-refractivity contribution < 1.29 is 22.9 Å². The first-order valence-electron chi connectivity index (χ1n) is 12.5. The number of aromatic nitrogens is 2. The normalized spacial score (nSPS) is 13.0. The predicted octanol–water partition coefficient (Wildman–Crippen LogP) is 7.78. The molecule has 0 bridgehead atoms. The Bertz CT molecular complexity index is 1400. The summed E-state index contributed by atoms with van der Waals surface area (Å²) in [5.41, 5.74) is 2.52. The molecule has 0 saturated carbocycles. The maximum atomic E-state index is 16.3. The molecular formula is C28H35FN4O4SSi. The van der Waals surface area contributed by atoms with E-state index in [-0.39, 0.29) is 27.1 Å². The third-order valence-corrected chi connectivity index (χ3v) is 11.6. The monoisotopic (exact) mass is 570 g/mol. The Labute approximate surface area is 234 Å². The Balaban J connectivity index is 2.21. The Hall–Kier alpha value is -3.31. The van der Waals surface area contributed by atoms with E-state index in [1.54, 1.807) is 49.6 Å². The van der Waals surface area contributed by atoms with E-state index in [1.165, 1.54) is 18.9 Å². The maximum Gasteiger partial charge on any atom is 0.434 e. The third-order valence-electron chi connectivity index (χ3n) is 6.59. The zero-order chi connectivity index (χ0) is 29.0. The molecule has 1 amide bonds. The summed E-state index contributed by atoms with van der Waals surface area (Å²) in [5, 5.41) is 4.02. The molecular weight excluding hydrogens is 535 g/mol. The number of methoxy groups -OCH3 is 1. The molecule has 1 heterocycles. The van der Waals surface area contributed by atoms with Gasteiger partial charge in [0.05, 0.1) is 12.8 Å². The number of carbonyl (C=O) groups excluding carboxylic acids is 1. The minimum Gasteiger partial charge on any atom is -0.542 e. The first-order valence-corrected chi connectivity index (χ1v) is 16.6. The highest BCUT2D eigenvalue weighted by atomic mass is 32.2. The Morgan fingerprint density at radius 2 is 1.85 bits per heavy atom. The van der Waals surface area contributed by atoms with Crippen molar-refractivity contribution in [2.24, 2.45) is 9.98 Å². The molecule has 3 aromatic rings. The minimum atomic E-state index is -2.36. The molecule has 0 aliphatic heterocycles. The first kappa shape index (κ1) is 30.2. The molecule has 0 atom stereocenters. The molecule has 0 aliphatic carbocycles.